The Balaban J connectivity index is 2.15. The molecule has 0 aliphatic heterocycles. The van der Waals surface area contributed by atoms with Gasteiger partial charge in [-0.25, -0.2) is 0 Å². The molecule has 1 aliphatic rings. The van der Waals surface area contributed by atoms with Gasteiger partial charge in [0.25, 0.3) is 0 Å². The van der Waals surface area contributed by atoms with Crippen LogP contribution in [0.3, 0.4) is 0 Å². The molecule has 6 heteroatoms. The molecule has 2 rings (SSSR count). The summed E-state index contributed by atoms with van der Waals surface area (Å²) < 4.78 is 3.01. The summed E-state index contributed by atoms with van der Waals surface area (Å²) >= 11 is 3.62. The number of carboxylic acid groups (broad SMARTS) is 1. The predicted molar refractivity (Wildman–Crippen MR) is 80.6 cm³/mol. The maximum absolute atomic E-state index is 11.0. The first-order valence-corrected chi connectivity index (χ1v) is 8.02. The second-order valence-corrected chi connectivity index (χ2v) is 6.18. The molecule has 0 atom stereocenters. The molecule has 1 aromatic heterocycles. The minimum atomic E-state index is -0.764. The topological polar surface area (TPSA) is 58.4 Å². The second-order valence-electron chi connectivity index (χ2n) is 5.38. The Morgan fingerprint density at radius 2 is 2.20 bits per heavy atom. The van der Waals surface area contributed by atoms with Crippen LogP contribution < -0.4 is 0 Å². The van der Waals surface area contributed by atoms with E-state index in [0.717, 1.165) is 35.4 Å². The highest BCUT2D eigenvalue weighted by molar-refractivity contribution is 9.10. The molecule has 1 N–H and O–H groups in total. The third-order valence-corrected chi connectivity index (χ3v) is 4.56. The summed E-state index contributed by atoms with van der Waals surface area (Å²) in [7, 11) is 0. The summed E-state index contributed by atoms with van der Waals surface area (Å²) in [6.45, 7) is 6.55. The monoisotopic (exact) mass is 343 g/mol. The Bertz CT molecular complexity index is 483. The third kappa shape index (κ3) is 3.82. The molecule has 0 unspecified atom stereocenters. The number of hydrogen-bond donors (Lipinski definition) is 1. The quantitative estimate of drug-likeness (QED) is 0.787. The lowest BCUT2D eigenvalue weighted by Gasteiger charge is -2.20. The molecule has 5 nitrogen and oxygen atoms in total. The lowest BCUT2D eigenvalue weighted by molar-refractivity contribution is -0.138. The van der Waals surface area contributed by atoms with Crippen molar-refractivity contribution in [3.05, 3.63) is 15.9 Å². The fourth-order valence-electron chi connectivity index (χ4n) is 2.42. The first-order valence-electron chi connectivity index (χ1n) is 7.23. The molecule has 0 spiro atoms. The van der Waals surface area contributed by atoms with Crippen LogP contribution in [0.2, 0.25) is 0 Å². The zero-order chi connectivity index (χ0) is 14.7. The molecule has 0 saturated heterocycles. The predicted octanol–water partition coefficient (Wildman–Crippen LogP) is 2.52. The molecule has 0 bridgehead atoms. The molecule has 1 heterocycles. The van der Waals surface area contributed by atoms with E-state index in [0.29, 0.717) is 12.5 Å². The summed E-state index contributed by atoms with van der Waals surface area (Å²) in [5, 5.41) is 13.6. The number of hydrogen-bond acceptors (Lipinski definition) is 3. The van der Waals surface area contributed by atoms with Crippen LogP contribution in [0.15, 0.2) is 4.47 Å². The highest BCUT2D eigenvalue weighted by atomic mass is 79.9. The van der Waals surface area contributed by atoms with Gasteiger partial charge in [-0.2, -0.15) is 5.10 Å². The van der Waals surface area contributed by atoms with Crippen molar-refractivity contribution in [3.8, 4) is 0 Å². The lowest BCUT2D eigenvalue weighted by Crippen LogP contribution is -2.32. The Morgan fingerprint density at radius 3 is 2.70 bits per heavy atom. The summed E-state index contributed by atoms with van der Waals surface area (Å²) in [5.41, 5.74) is 2.13. The molecule has 1 saturated carbocycles. The summed E-state index contributed by atoms with van der Waals surface area (Å²) in [4.78, 5) is 13.0. The van der Waals surface area contributed by atoms with Gasteiger partial charge in [-0.1, -0.05) is 6.92 Å². The van der Waals surface area contributed by atoms with Crippen LogP contribution in [-0.4, -0.2) is 38.8 Å². The van der Waals surface area contributed by atoms with E-state index in [1.807, 2.05) is 9.58 Å². The number of aromatic nitrogens is 2. The third-order valence-electron chi connectivity index (χ3n) is 3.64. The van der Waals surface area contributed by atoms with Gasteiger partial charge in [0.2, 0.25) is 0 Å². The van der Waals surface area contributed by atoms with Crippen molar-refractivity contribution >= 4 is 21.9 Å². The van der Waals surface area contributed by atoms with Crippen molar-refractivity contribution in [1.82, 2.24) is 14.7 Å². The van der Waals surface area contributed by atoms with Gasteiger partial charge in [-0.05, 0) is 48.0 Å². The van der Waals surface area contributed by atoms with Crippen molar-refractivity contribution in [2.75, 3.05) is 13.1 Å². The largest absolute Gasteiger partial charge is 0.480 e. The molecular weight excluding hydrogens is 322 g/mol. The minimum Gasteiger partial charge on any atom is -0.480 e. The number of halogens is 1. The SMILES string of the molecule is CCc1nn(CC)c(CN(CC(=O)O)CC2CC2)c1Br. The molecule has 1 aromatic rings. The van der Waals surface area contributed by atoms with E-state index < -0.39 is 5.97 Å². The van der Waals surface area contributed by atoms with Gasteiger partial charge >= 0.3 is 5.97 Å². The molecule has 1 fully saturated rings. The Morgan fingerprint density at radius 1 is 1.50 bits per heavy atom. The van der Waals surface area contributed by atoms with Crippen molar-refractivity contribution in [2.45, 2.75) is 46.2 Å². The first-order chi connectivity index (χ1) is 9.55. The Kier molecular flexibility index (Phi) is 5.21. The van der Waals surface area contributed by atoms with Gasteiger partial charge < -0.3 is 5.11 Å². The summed E-state index contributed by atoms with van der Waals surface area (Å²) in [6, 6.07) is 0. The zero-order valence-electron chi connectivity index (χ0n) is 12.1. The highest BCUT2D eigenvalue weighted by Crippen LogP contribution is 2.31. The number of carbonyl (C=O) groups is 1. The normalized spacial score (nSPS) is 15.0. The van der Waals surface area contributed by atoms with Crippen LogP contribution in [0.25, 0.3) is 0 Å². The van der Waals surface area contributed by atoms with Crippen LogP contribution >= 0.6 is 15.9 Å². The van der Waals surface area contributed by atoms with E-state index in [-0.39, 0.29) is 6.54 Å². The van der Waals surface area contributed by atoms with Crippen LogP contribution in [-0.2, 0) is 24.3 Å². The Labute approximate surface area is 128 Å². The summed E-state index contributed by atoms with van der Waals surface area (Å²) in [6.07, 6.45) is 3.33. The second kappa shape index (κ2) is 6.72. The van der Waals surface area contributed by atoms with Crippen molar-refractivity contribution < 1.29 is 9.90 Å². The molecule has 0 aromatic carbocycles. The van der Waals surface area contributed by atoms with Crippen LogP contribution in [0.4, 0.5) is 0 Å². The number of rotatable bonds is 8. The van der Waals surface area contributed by atoms with E-state index in [9.17, 15) is 4.79 Å². The van der Waals surface area contributed by atoms with Gasteiger partial charge in [-0.15, -0.1) is 0 Å². The van der Waals surface area contributed by atoms with E-state index in [2.05, 4.69) is 34.9 Å². The Hall–Kier alpha value is -0.880. The molecule has 1 aliphatic carbocycles. The molecule has 0 radical (unpaired) electrons. The van der Waals surface area contributed by atoms with Crippen LogP contribution in [0.1, 0.15) is 38.1 Å². The fraction of sp³-hybridized carbons (Fsp3) is 0.714. The maximum Gasteiger partial charge on any atom is 0.317 e. The lowest BCUT2D eigenvalue weighted by atomic mass is 10.2. The smallest absolute Gasteiger partial charge is 0.317 e. The minimum absolute atomic E-state index is 0.0965. The summed E-state index contributed by atoms with van der Waals surface area (Å²) in [5.74, 6) is -0.0863. The van der Waals surface area contributed by atoms with Gasteiger partial charge in [-0.3, -0.25) is 14.4 Å². The first kappa shape index (κ1) is 15.5. The van der Waals surface area contributed by atoms with E-state index in [1.165, 1.54) is 12.8 Å². The van der Waals surface area contributed by atoms with Crippen molar-refractivity contribution in [3.63, 3.8) is 0 Å². The van der Waals surface area contributed by atoms with E-state index in [1.54, 1.807) is 0 Å². The molecule has 20 heavy (non-hydrogen) atoms. The number of aryl methyl sites for hydroxylation is 2. The average molecular weight is 344 g/mol. The van der Waals surface area contributed by atoms with Crippen molar-refractivity contribution in [2.24, 2.45) is 5.92 Å². The van der Waals surface area contributed by atoms with Crippen LogP contribution in [0.5, 0.6) is 0 Å². The number of nitrogens with zero attached hydrogens (tertiary/aromatic N) is 3. The molecule has 0 amide bonds. The average Bonchev–Trinajstić information content (AvgIpc) is 3.15. The van der Waals surface area contributed by atoms with Crippen molar-refractivity contribution in [1.29, 1.82) is 0 Å². The number of aliphatic carboxylic acids is 1. The standard InChI is InChI=1S/C14H22BrN3O2/c1-3-11-14(15)12(18(4-2)16-11)8-17(9-13(19)20)7-10-5-6-10/h10H,3-9H2,1-2H3,(H,19,20). The molecule has 112 valence electrons. The highest BCUT2D eigenvalue weighted by Gasteiger charge is 2.26. The van der Waals surface area contributed by atoms with E-state index >= 15 is 0 Å². The fourth-order valence-corrected chi connectivity index (χ4v) is 3.11. The van der Waals surface area contributed by atoms with Crippen LogP contribution in [0, 0.1) is 5.92 Å². The van der Waals surface area contributed by atoms with Gasteiger partial charge in [0.15, 0.2) is 0 Å². The number of carboxylic acids is 1. The van der Waals surface area contributed by atoms with Gasteiger partial charge in [0.05, 0.1) is 22.4 Å². The van der Waals surface area contributed by atoms with Gasteiger partial charge in [0.1, 0.15) is 0 Å². The molecular formula is C14H22BrN3O2. The van der Waals surface area contributed by atoms with Gasteiger partial charge in [0, 0.05) is 19.6 Å². The zero-order valence-corrected chi connectivity index (χ0v) is 13.7. The van der Waals surface area contributed by atoms with E-state index in [4.69, 9.17) is 5.11 Å². The maximum atomic E-state index is 11.0.